The van der Waals surface area contributed by atoms with Gasteiger partial charge in [-0.1, -0.05) is 0 Å². The van der Waals surface area contributed by atoms with Crippen LogP contribution >= 0.6 is 15.9 Å². The van der Waals surface area contributed by atoms with Gasteiger partial charge < -0.3 is 4.74 Å². The maximum absolute atomic E-state index is 4.99. The van der Waals surface area contributed by atoms with Gasteiger partial charge in [-0.2, -0.15) is 5.10 Å². The van der Waals surface area contributed by atoms with Crippen molar-refractivity contribution in [1.29, 1.82) is 0 Å². The molecule has 2 aromatic rings. The van der Waals surface area contributed by atoms with Crippen LogP contribution in [0, 0.1) is 0 Å². The van der Waals surface area contributed by atoms with Gasteiger partial charge in [-0.05, 0) is 15.9 Å². The van der Waals surface area contributed by atoms with Crippen LogP contribution in [0.2, 0.25) is 0 Å². The van der Waals surface area contributed by atoms with Gasteiger partial charge >= 0.3 is 0 Å². The zero-order valence-corrected chi connectivity index (χ0v) is 7.95. The summed E-state index contributed by atoms with van der Waals surface area (Å²) in [6.07, 6.45) is 5.12. The van der Waals surface area contributed by atoms with E-state index in [0.717, 1.165) is 10.1 Å². The fourth-order valence-corrected chi connectivity index (χ4v) is 1.31. The summed E-state index contributed by atoms with van der Waals surface area (Å²) in [5.74, 6) is 0.693. The highest BCUT2D eigenvalue weighted by Crippen LogP contribution is 2.17. The molecule has 0 bridgehead atoms. The van der Waals surface area contributed by atoms with Crippen molar-refractivity contribution in [2.75, 3.05) is 7.11 Å². The van der Waals surface area contributed by atoms with Crippen LogP contribution in [0.4, 0.5) is 0 Å². The van der Waals surface area contributed by atoms with Crippen molar-refractivity contribution in [2.24, 2.45) is 0 Å². The van der Waals surface area contributed by atoms with Crippen LogP contribution in [-0.2, 0) is 0 Å². The molecule has 0 atom stereocenters. The van der Waals surface area contributed by atoms with Crippen LogP contribution in [0.15, 0.2) is 23.1 Å². The van der Waals surface area contributed by atoms with Crippen molar-refractivity contribution >= 4 is 21.6 Å². The highest BCUT2D eigenvalue weighted by molar-refractivity contribution is 9.10. The third-order valence-electron chi connectivity index (χ3n) is 1.53. The van der Waals surface area contributed by atoms with Gasteiger partial charge in [0.25, 0.3) is 0 Å². The van der Waals surface area contributed by atoms with Crippen molar-refractivity contribution in [1.82, 2.24) is 14.6 Å². The minimum absolute atomic E-state index is 0.693. The molecule has 0 spiro atoms. The van der Waals surface area contributed by atoms with Gasteiger partial charge in [-0.3, -0.25) is 0 Å². The number of nitrogens with zero attached hydrogens (tertiary/aromatic N) is 3. The molecule has 62 valence electrons. The Kier molecular flexibility index (Phi) is 1.73. The van der Waals surface area contributed by atoms with Gasteiger partial charge in [0.1, 0.15) is 0 Å². The number of hydrogen-bond acceptors (Lipinski definition) is 3. The summed E-state index contributed by atoms with van der Waals surface area (Å²) in [5.41, 5.74) is 0.788. The smallest absolute Gasteiger partial charge is 0.169 e. The molecule has 5 heteroatoms. The van der Waals surface area contributed by atoms with E-state index < -0.39 is 0 Å². The Morgan fingerprint density at radius 1 is 1.50 bits per heavy atom. The van der Waals surface area contributed by atoms with Crippen molar-refractivity contribution in [3.05, 3.63) is 23.1 Å². The number of rotatable bonds is 1. The zero-order chi connectivity index (χ0) is 8.55. The van der Waals surface area contributed by atoms with Gasteiger partial charge in [-0.25, -0.2) is 9.50 Å². The fourth-order valence-electron chi connectivity index (χ4n) is 0.934. The second-order valence-electron chi connectivity index (χ2n) is 2.25. The lowest BCUT2D eigenvalue weighted by molar-refractivity contribution is 0.409. The summed E-state index contributed by atoms with van der Waals surface area (Å²) in [6.45, 7) is 0. The van der Waals surface area contributed by atoms with E-state index >= 15 is 0 Å². The summed E-state index contributed by atoms with van der Waals surface area (Å²) >= 11 is 3.33. The number of hydrogen-bond donors (Lipinski definition) is 0. The first kappa shape index (κ1) is 7.54. The molecule has 0 amide bonds. The molecule has 2 aromatic heterocycles. The maximum atomic E-state index is 4.99. The van der Waals surface area contributed by atoms with Crippen molar-refractivity contribution < 1.29 is 4.74 Å². The van der Waals surface area contributed by atoms with Crippen molar-refractivity contribution in [3.63, 3.8) is 0 Å². The Morgan fingerprint density at radius 3 is 3.08 bits per heavy atom. The largest absolute Gasteiger partial charge is 0.494 e. The molecule has 2 rings (SSSR count). The lowest BCUT2D eigenvalue weighted by Crippen LogP contribution is -1.92. The highest BCUT2D eigenvalue weighted by atomic mass is 79.9. The van der Waals surface area contributed by atoms with Gasteiger partial charge in [0, 0.05) is 0 Å². The molecule has 0 aliphatic carbocycles. The molecule has 0 fully saturated rings. The van der Waals surface area contributed by atoms with E-state index in [1.165, 1.54) is 0 Å². The first-order valence-electron chi connectivity index (χ1n) is 3.34. The SMILES string of the molecule is COc1cnc2c(Br)cnn2c1. The minimum Gasteiger partial charge on any atom is -0.494 e. The minimum atomic E-state index is 0.693. The Bertz CT molecular complexity index is 412. The molecular weight excluding hydrogens is 222 g/mol. The summed E-state index contributed by atoms with van der Waals surface area (Å²) < 4.78 is 7.53. The van der Waals surface area contributed by atoms with Crippen molar-refractivity contribution in [3.8, 4) is 5.75 Å². The predicted octanol–water partition coefficient (Wildman–Crippen LogP) is 1.50. The van der Waals surface area contributed by atoms with Gasteiger partial charge in [0.05, 0.1) is 30.2 Å². The van der Waals surface area contributed by atoms with E-state index in [1.54, 1.807) is 30.2 Å². The number of aromatic nitrogens is 3. The summed E-state index contributed by atoms with van der Waals surface area (Å²) in [4.78, 5) is 4.14. The number of fused-ring (bicyclic) bond motifs is 1. The van der Waals surface area contributed by atoms with Crippen LogP contribution in [0.5, 0.6) is 5.75 Å². The third-order valence-corrected chi connectivity index (χ3v) is 2.08. The van der Waals surface area contributed by atoms with E-state index in [0.29, 0.717) is 5.75 Å². The molecule has 0 aromatic carbocycles. The lowest BCUT2D eigenvalue weighted by atomic mass is 10.6. The topological polar surface area (TPSA) is 39.4 Å². The van der Waals surface area contributed by atoms with Crippen LogP contribution in [0.1, 0.15) is 0 Å². The van der Waals surface area contributed by atoms with Gasteiger partial charge in [-0.15, -0.1) is 0 Å². The van der Waals surface area contributed by atoms with Crippen LogP contribution in [-0.4, -0.2) is 21.7 Å². The average molecular weight is 228 g/mol. The molecule has 0 unspecified atom stereocenters. The van der Waals surface area contributed by atoms with Gasteiger partial charge in [0.2, 0.25) is 0 Å². The fraction of sp³-hybridized carbons (Fsp3) is 0.143. The standard InChI is InChI=1S/C7H6BrN3O/c1-12-5-2-9-7-6(8)3-10-11(7)4-5/h2-4H,1H3. The Morgan fingerprint density at radius 2 is 2.33 bits per heavy atom. The zero-order valence-electron chi connectivity index (χ0n) is 6.36. The Hall–Kier alpha value is -1.10. The van der Waals surface area contributed by atoms with Crippen molar-refractivity contribution in [2.45, 2.75) is 0 Å². The average Bonchev–Trinajstić information content (AvgIpc) is 2.47. The molecule has 12 heavy (non-hydrogen) atoms. The molecule has 0 N–H and O–H groups in total. The maximum Gasteiger partial charge on any atom is 0.169 e. The number of methoxy groups -OCH3 is 1. The molecule has 0 aliphatic heterocycles. The number of ether oxygens (including phenoxy) is 1. The van der Waals surface area contributed by atoms with E-state index in [-0.39, 0.29) is 0 Å². The molecule has 0 saturated carbocycles. The molecule has 0 radical (unpaired) electrons. The molecular formula is C7H6BrN3O. The van der Waals surface area contributed by atoms with Crippen LogP contribution in [0.25, 0.3) is 5.65 Å². The third kappa shape index (κ3) is 1.06. The van der Waals surface area contributed by atoms with Crippen LogP contribution in [0.3, 0.4) is 0 Å². The lowest BCUT2D eigenvalue weighted by Gasteiger charge is -1.98. The van der Waals surface area contributed by atoms with E-state index in [9.17, 15) is 0 Å². The van der Waals surface area contributed by atoms with E-state index in [4.69, 9.17) is 4.74 Å². The monoisotopic (exact) mass is 227 g/mol. The second-order valence-corrected chi connectivity index (χ2v) is 3.11. The van der Waals surface area contributed by atoms with Gasteiger partial charge in [0.15, 0.2) is 11.4 Å². The Balaban J connectivity index is 2.69. The Labute approximate surface area is 77.3 Å². The molecule has 2 heterocycles. The molecule has 0 saturated heterocycles. The first-order valence-corrected chi connectivity index (χ1v) is 4.13. The van der Waals surface area contributed by atoms with E-state index in [1.807, 2.05) is 0 Å². The summed E-state index contributed by atoms with van der Waals surface area (Å²) in [6, 6.07) is 0. The molecule has 4 nitrogen and oxygen atoms in total. The summed E-state index contributed by atoms with van der Waals surface area (Å²) in [5, 5.41) is 4.05. The highest BCUT2D eigenvalue weighted by Gasteiger charge is 2.02. The summed E-state index contributed by atoms with van der Waals surface area (Å²) in [7, 11) is 1.60. The molecule has 0 aliphatic rings. The quantitative estimate of drug-likeness (QED) is 0.742. The first-order chi connectivity index (χ1) is 5.81. The normalized spacial score (nSPS) is 10.5. The second kappa shape index (κ2) is 2.75. The predicted molar refractivity (Wildman–Crippen MR) is 47.2 cm³/mol. The van der Waals surface area contributed by atoms with Crippen LogP contribution < -0.4 is 4.74 Å². The number of halogens is 1. The van der Waals surface area contributed by atoms with E-state index in [2.05, 4.69) is 26.0 Å².